The summed E-state index contributed by atoms with van der Waals surface area (Å²) in [6.45, 7) is 2.26. The molecule has 0 radical (unpaired) electrons. The van der Waals surface area contributed by atoms with Gasteiger partial charge in [-0.05, 0) is 24.3 Å². The quantitative estimate of drug-likeness (QED) is 0.652. The molecular weight excluding hydrogens is 236 g/mol. The summed E-state index contributed by atoms with van der Waals surface area (Å²) in [5.41, 5.74) is 1.19. The van der Waals surface area contributed by atoms with Crippen molar-refractivity contribution in [1.82, 2.24) is 0 Å². The Balaban J connectivity index is 2.29. The van der Waals surface area contributed by atoms with E-state index in [1.807, 2.05) is 30.3 Å². The van der Waals surface area contributed by atoms with E-state index < -0.39 is 0 Å². The molecule has 0 fully saturated rings. The summed E-state index contributed by atoms with van der Waals surface area (Å²) in [6.07, 6.45) is 6.52. The zero-order valence-corrected chi connectivity index (χ0v) is 12.0. The Morgan fingerprint density at radius 3 is 2.53 bits per heavy atom. The summed E-state index contributed by atoms with van der Waals surface area (Å²) < 4.78 is 0. The Bertz CT molecular complexity index is 346. The van der Waals surface area contributed by atoms with Crippen LogP contribution < -0.4 is 0 Å². The van der Waals surface area contributed by atoms with Crippen LogP contribution in [0.2, 0.25) is 0 Å². The Morgan fingerprint density at radius 2 is 1.89 bits per heavy atom. The zero-order valence-electron chi connectivity index (χ0n) is 12.0. The Labute approximate surface area is 116 Å². The van der Waals surface area contributed by atoms with E-state index >= 15 is 0 Å². The third-order valence-electron chi connectivity index (χ3n) is 3.45. The van der Waals surface area contributed by atoms with Crippen LogP contribution in [0.3, 0.4) is 0 Å². The summed E-state index contributed by atoms with van der Waals surface area (Å²) in [5.74, 6) is 0.368. The van der Waals surface area contributed by atoms with Crippen molar-refractivity contribution in [2.45, 2.75) is 51.9 Å². The second kappa shape index (κ2) is 9.74. The fourth-order valence-electron chi connectivity index (χ4n) is 2.32. The minimum absolute atomic E-state index is 0.0704. The molecule has 1 unspecified atom stereocenters. The molecule has 0 saturated heterocycles. The van der Waals surface area contributed by atoms with Gasteiger partial charge in [0.15, 0.2) is 0 Å². The summed E-state index contributed by atoms with van der Waals surface area (Å²) in [5, 5.41) is 9.39. The van der Waals surface area contributed by atoms with Crippen LogP contribution in [0.1, 0.15) is 51.0 Å². The predicted molar refractivity (Wildman–Crippen MR) is 79.1 cm³/mol. The first kappa shape index (κ1) is 15.9. The van der Waals surface area contributed by atoms with Crippen molar-refractivity contribution >= 4 is 5.78 Å². The average molecular weight is 262 g/mol. The maximum Gasteiger partial charge on any atom is 0.133 e. The van der Waals surface area contributed by atoms with Crippen LogP contribution >= 0.6 is 0 Å². The van der Waals surface area contributed by atoms with Crippen molar-refractivity contribution < 1.29 is 9.90 Å². The number of aliphatic hydroxyl groups is 1. The molecular formula is C17H26O2. The highest BCUT2D eigenvalue weighted by Crippen LogP contribution is 2.14. The maximum atomic E-state index is 11.9. The highest BCUT2D eigenvalue weighted by molar-refractivity contribution is 5.78. The maximum absolute atomic E-state index is 11.9. The average Bonchev–Trinajstić information content (AvgIpc) is 2.44. The van der Waals surface area contributed by atoms with E-state index in [1.165, 1.54) is 18.4 Å². The highest BCUT2D eigenvalue weighted by Gasteiger charge is 2.13. The molecule has 0 aliphatic heterocycles. The van der Waals surface area contributed by atoms with Crippen LogP contribution in [0.25, 0.3) is 0 Å². The number of unbranched alkanes of at least 4 members (excludes halogenated alkanes) is 3. The van der Waals surface area contributed by atoms with Gasteiger partial charge < -0.3 is 5.11 Å². The molecule has 2 heteroatoms. The lowest BCUT2D eigenvalue weighted by Crippen LogP contribution is -2.15. The molecule has 0 saturated carbocycles. The standard InChI is InChI=1S/C17H26O2/c1-2-3-4-8-11-17(19)13-16(14-18)12-15-9-6-5-7-10-15/h5-7,9-10,16,18H,2-4,8,11-14H2,1H3. The van der Waals surface area contributed by atoms with E-state index in [4.69, 9.17) is 0 Å². The second-order valence-electron chi connectivity index (χ2n) is 5.29. The number of ketones is 1. The number of benzene rings is 1. The summed E-state index contributed by atoms with van der Waals surface area (Å²) in [7, 11) is 0. The number of aliphatic hydroxyl groups excluding tert-OH is 1. The van der Waals surface area contributed by atoms with Gasteiger partial charge in [0.1, 0.15) is 5.78 Å². The topological polar surface area (TPSA) is 37.3 Å². The SMILES string of the molecule is CCCCCCC(=O)CC(CO)Cc1ccccc1. The van der Waals surface area contributed by atoms with Gasteiger partial charge in [-0.2, -0.15) is 0 Å². The van der Waals surface area contributed by atoms with Gasteiger partial charge >= 0.3 is 0 Å². The number of carbonyl (C=O) groups excluding carboxylic acids is 1. The lowest BCUT2D eigenvalue weighted by atomic mass is 9.93. The number of carbonyl (C=O) groups is 1. The van der Waals surface area contributed by atoms with E-state index in [-0.39, 0.29) is 12.5 Å². The van der Waals surface area contributed by atoms with Gasteiger partial charge in [-0.25, -0.2) is 0 Å². The van der Waals surface area contributed by atoms with Gasteiger partial charge in [0.05, 0.1) is 0 Å². The molecule has 2 nitrogen and oxygen atoms in total. The largest absolute Gasteiger partial charge is 0.396 e. The minimum atomic E-state index is 0.0704. The lowest BCUT2D eigenvalue weighted by molar-refractivity contribution is -0.120. The van der Waals surface area contributed by atoms with Crippen molar-refractivity contribution in [2.24, 2.45) is 5.92 Å². The van der Waals surface area contributed by atoms with E-state index in [1.54, 1.807) is 0 Å². The molecule has 19 heavy (non-hydrogen) atoms. The molecule has 1 N–H and O–H groups in total. The summed E-state index contributed by atoms with van der Waals surface area (Å²) >= 11 is 0. The summed E-state index contributed by atoms with van der Waals surface area (Å²) in [4.78, 5) is 11.9. The normalized spacial score (nSPS) is 12.3. The van der Waals surface area contributed by atoms with Crippen LogP contribution in [-0.4, -0.2) is 17.5 Å². The first-order valence-electron chi connectivity index (χ1n) is 7.42. The number of Topliss-reactive ketones (excluding diaryl/α,β-unsaturated/α-hetero) is 1. The fraction of sp³-hybridized carbons (Fsp3) is 0.588. The van der Waals surface area contributed by atoms with Crippen LogP contribution in [0.4, 0.5) is 0 Å². The lowest BCUT2D eigenvalue weighted by Gasteiger charge is -2.13. The van der Waals surface area contributed by atoms with Crippen LogP contribution in [-0.2, 0) is 11.2 Å². The van der Waals surface area contributed by atoms with Gasteiger partial charge in [-0.15, -0.1) is 0 Å². The third kappa shape index (κ3) is 7.12. The molecule has 1 aromatic carbocycles. The molecule has 1 aromatic rings. The molecule has 0 aromatic heterocycles. The van der Waals surface area contributed by atoms with E-state index in [9.17, 15) is 9.90 Å². The third-order valence-corrected chi connectivity index (χ3v) is 3.45. The van der Waals surface area contributed by atoms with Crippen LogP contribution in [0.5, 0.6) is 0 Å². The molecule has 0 amide bonds. The molecule has 0 aliphatic carbocycles. The number of rotatable bonds is 10. The fourth-order valence-corrected chi connectivity index (χ4v) is 2.32. The monoisotopic (exact) mass is 262 g/mol. The first-order valence-corrected chi connectivity index (χ1v) is 7.42. The van der Waals surface area contributed by atoms with Crippen molar-refractivity contribution in [2.75, 3.05) is 6.61 Å². The molecule has 1 rings (SSSR count). The molecule has 0 bridgehead atoms. The predicted octanol–water partition coefficient (Wildman–Crippen LogP) is 3.77. The smallest absolute Gasteiger partial charge is 0.133 e. The first-order chi connectivity index (χ1) is 9.26. The van der Waals surface area contributed by atoms with Crippen molar-refractivity contribution in [3.63, 3.8) is 0 Å². The molecule has 0 aliphatic rings. The molecule has 1 atom stereocenters. The van der Waals surface area contributed by atoms with E-state index in [0.29, 0.717) is 18.6 Å². The minimum Gasteiger partial charge on any atom is -0.396 e. The molecule has 106 valence electrons. The Hall–Kier alpha value is -1.15. The van der Waals surface area contributed by atoms with Crippen molar-refractivity contribution in [1.29, 1.82) is 0 Å². The van der Waals surface area contributed by atoms with Gasteiger partial charge in [0.2, 0.25) is 0 Å². The van der Waals surface area contributed by atoms with Crippen LogP contribution in [0, 0.1) is 5.92 Å². The summed E-state index contributed by atoms with van der Waals surface area (Å²) in [6, 6.07) is 10.1. The number of hydrogen-bond donors (Lipinski definition) is 1. The van der Waals surface area contributed by atoms with Crippen molar-refractivity contribution in [3.8, 4) is 0 Å². The highest BCUT2D eigenvalue weighted by atomic mass is 16.3. The van der Waals surface area contributed by atoms with E-state index in [0.717, 1.165) is 19.3 Å². The molecule has 0 heterocycles. The second-order valence-corrected chi connectivity index (χ2v) is 5.29. The number of hydrogen-bond acceptors (Lipinski definition) is 2. The van der Waals surface area contributed by atoms with Gasteiger partial charge in [-0.1, -0.05) is 56.5 Å². The van der Waals surface area contributed by atoms with Gasteiger partial charge in [-0.3, -0.25) is 4.79 Å². The zero-order chi connectivity index (χ0) is 13.9. The van der Waals surface area contributed by atoms with E-state index in [2.05, 4.69) is 6.92 Å². The Morgan fingerprint density at radius 1 is 1.16 bits per heavy atom. The Kier molecular flexibility index (Phi) is 8.15. The van der Waals surface area contributed by atoms with Crippen molar-refractivity contribution in [3.05, 3.63) is 35.9 Å². The van der Waals surface area contributed by atoms with Gasteiger partial charge in [0.25, 0.3) is 0 Å². The van der Waals surface area contributed by atoms with Crippen LogP contribution in [0.15, 0.2) is 30.3 Å². The van der Waals surface area contributed by atoms with Gasteiger partial charge in [0, 0.05) is 19.4 Å². The molecule has 0 spiro atoms.